The van der Waals surface area contributed by atoms with Crippen molar-refractivity contribution in [3.05, 3.63) is 32.7 Å². The molecule has 0 aromatic heterocycles. The molecule has 0 heterocycles. The van der Waals surface area contributed by atoms with E-state index in [0.29, 0.717) is 12.1 Å². The first-order valence-electron chi connectivity index (χ1n) is 5.57. The molecule has 0 radical (unpaired) electrons. The number of aliphatic hydroxyl groups is 1. The fourth-order valence-electron chi connectivity index (χ4n) is 1.27. The van der Waals surface area contributed by atoms with E-state index in [1.807, 2.05) is 12.1 Å². The van der Waals surface area contributed by atoms with Gasteiger partial charge in [-0.2, -0.15) is 11.8 Å². The normalized spacial score (nSPS) is 10.4. The van der Waals surface area contributed by atoms with Crippen LogP contribution in [0.15, 0.2) is 27.1 Å². The summed E-state index contributed by atoms with van der Waals surface area (Å²) >= 11 is 8.43. The van der Waals surface area contributed by atoms with Gasteiger partial charge in [-0.05, 0) is 46.3 Å². The van der Waals surface area contributed by atoms with Crippen LogP contribution in [0, 0.1) is 0 Å². The van der Waals surface area contributed by atoms with Gasteiger partial charge in [-0.15, -0.1) is 0 Å². The third-order valence-corrected chi connectivity index (χ3v) is 4.41. The van der Waals surface area contributed by atoms with E-state index < -0.39 is 0 Å². The van der Waals surface area contributed by atoms with Crippen LogP contribution in [0.3, 0.4) is 0 Å². The summed E-state index contributed by atoms with van der Waals surface area (Å²) in [6.07, 6.45) is 0.801. The van der Waals surface area contributed by atoms with Crippen LogP contribution in [0.1, 0.15) is 16.8 Å². The first kappa shape index (κ1) is 16.0. The third kappa shape index (κ3) is 5.73. The first-order chi connectivity index (χ1) is 8.65. The van der Waals surface area contributed by atoms with E-state index in [1.54, 1.807) is 17.8 Å². The number of benzene rings is 1. The van der Waals surface area contributed by atoms with Crippen LogP contribution in [0.2, 0.25) is 0 Å². The van der Waals surface area contributed by atoms with Gasteiger partial charge >= 0.3 is 0 Å². The predicted molar refractivity (Wildman–Crippen MR) is 83.2 cm³/mol. The van der Waals surface area contributed by atoms with Gasteiger partial charge in [0.2, 0.25) is 0 Å². The van der Waals surface area contributed by atoms with Crippen molar-refractivity contribution < 1.29 is 9.90 Å². The molecule has 6 heteroatoms. The minimum Gasteiger partial charge on any atom is -0.396 e. The smallest absolute Gasteiger partial charge is 0.252 e. The molecule has 1 aromatic carbocycles. The van der Waals surface area contributed by atoms with E-state index in [4.69, 9.17) is 5.11 Å². The molecule has 1 rings (SSSR count). The highest BCUT2D eigenvalue weighted by Gasteiger charge is 2.09. The molecule has 0 unspecified atom stereocenters. The Morgan fingerprint density at radius 1 is 1.33 bits per heavy atom. The Kier molecular flexibility index (Phi) is 7.97. The number of hydrogen-bond donors (Lipinski definition) is 2. The third-order valence-electron chi connectivity index (χ3n) is 2.15. The Labute approximate surface area is 128 Å². The van der Waals surface area contributed by atoms with E-state index in [9.17, 15) is 4.79 Å². The lowest BCUT2D eigenvalue weighted by Gasteiger charge is -2.07. The van der Waals surface area contributed by atoms with Crippen LogP contribution >= 0.6 is 43.6 Å². The second-order valence-electron chi connectivity index (χ2n) is 3.57. The van der Waals surface area contributed by atoms with Crippen LogP contribution in [0.5, 0.6) is 0 Å². The number of thioether (sulfide) groups is 1. The average molecular weight is 397 g/mol. The molecule has 1 aromatic rings. The van der Waals surface area contributed by atoms with Gasteiger partial charge in [0.25, 0.3) is 5.91 Å². The number of aliphatic hydroxyl groups excluding tert-OH is 1. The molecule has 0 spiro atoms. The molecule has 3 nitrogen and oxygen atoms in total. The molecule has 1 amide bonds. The quantitative estimate of drug-likeness (QED) is 0.696. The maximum atomic E-state index is 11.9. The van der Waals surface area contributed by atoms with E-state index in [1.165, 1.54) is 0 Å². The topological polar surface area (TPSA) is 49.3 Å². The molecule has 2 N–H and O–H groups in total. The highest BCUT2D eigenvalue weighted by atomic mass is 79.9. The molecule has 0 aliphatic rings. The highest BCUT2D eigenvalue weighted by molar-refractivity contribution is 9.11. The van der Waals surface area contributed by atoms with E-state index >= 15 is 0 Å². The molecule has 0 aliphatic carbocycles. The maximum Gasteiger partial charge on any atom is 0.252 e. The molecule has 18 heavy (non-hydrogen) atoms. The second-order valence-corrected chi connectivity index (χ2v) is 6.56. The van der Waals surface area contributed by atoms with Crippen molar-refractivity contribution in [3.8, 4) is 0 Å². The number of nitrogens with one attached hydrogen (secondary N) is 1. The number of amides is 1. The average Bonchev–Trinajstić information content (AvgIpc) is 2.36. The Hall–Kier alpha value is -0.0400. The summed E-state index contributed by atoms with van der Waals surface area (Å²) in [5.74, 6) is 1.70. The van der Waals surface area contributed by atoms with Crippen LogP contribution < -0.4 is 5.32 Å². The predicted octanol–water partition coefficient (Wildman–Crippen LogP) is 3.06. The monoisotopic (exact) mass is 395 g/mol. The number of carbonyl (C=O) groups is 1. The summed E-state index contributed by atoms with van der Waals surface area (Å²) in [6.45, 7) is 0.859. The minimum atomic E-state index is -0.0778. The van der Waals surface area contributed by atoms with Crippen molar-refractivity contribution in [2.75, 3.05) is 24.7 Å². The molecular weight excluding hydrogens is 382 g/mol. The van der Waals surface area contributed by atoms with Crippen molar-refractivity contribution >= 4 is 49.5 Å². The second kappa shape index (κ2) is 8.96. The van der Waals surface area contributed by atoms with E-state index in [2.05, 4.69) is 37.2 Å². The van der Waals surface area contributed by atoms with Gasteiger partial charge < -0.3 is 10.4 Å². The molecule has 0 fully saturated rings. The van der Waals surface area contributed by atoms with Crippen LogP contribution in [-0.4, -0.2) is 35.7 Å². The summed E-state index contributed by atoms with van der Waals surface area (Å²) in [5.41, 5.74) is 0.629. The fraction of sp³-hybridized carbons (Fsp3) is 0.417. The van der Waals surface area contributed by atoms with Crippen molar-refractivity contribution in [3.63, 3.8) is 0 Å². The molecule has 100 valence electrons. The van der Waals surface area contributed by atoms with Gasteiger partial charge in [-0.1, -0.05) is 15.9 Å². The van der Waals surface area contributed by atoms with Gasteiger partial charge in [0.15, 0.2) is 0 Å². The van der Waals surface area contributed by atoms with Gasteiger partial charge in [0.05, 0.1) is 5.56 Å². The lowest BCUT2D eigenvalue weighted by atomic mass is 10.2. The summed E-state index contributed by atoms with van der Waals surface area (Å²) in [5, 5.41) is 11.5. The largest absolute Gasteiger partial charge is 0.396 e. The lowest BCUT2D eigenvalue weighted by molar-refractivity contribution is 0.0955. The fourth-order valence-corrected chi connectivity index (χ4v) is 2.84. The molecule has 0 saturated carbocycles. The number of rotatable bonds is 7. The van der Waals surface area contributed by atoms with Crippen molar-refractivity contribution in [2.24, 2.45) is 0 Å². The number of carbonyl (C=O) groups excluding carboxylic acids is 1. The standard InChI is InChI=1S/C12H15Br2NO2S/c13-9-2-3-11(14)10(8-9)12(17)15-4-7-18-6-1-5-16/h2-3,8,16H,1,4-7H2,(H,15,17). The van der Waals surface area contributed by atoms with Crippen molar-refractivity contribution in [1.29, 1.82) is 0 Å². The lowest BCUT2D eigenvalue weighted by Crippen LogP contribution is -2.26. The van der Waals surface area contributed by atoms with Crippen LogP contribution in [-0.2, 0) is 0 Å². The zero-order valence-electron chi connectivity index (χ0n) is 9.79. The molecule has 0 aliphatic heterocycles. The summed E-state index contributed by atoms with van der Waals surface area (Å²) in [4.78, 5) is 11.9. The van der Waals surface area contributed by atoms with E-state index in [0.717, 1.165) is 26.9 Å². The minimum absolute atomic E-state index is 0.0778. The first-order valence-corrected chi connectivity index (χ1v) is 8.31. The summed E-state index contributed by atoms with van der Waals surface area (Å²) in [6, 6.07) is 5.51. The SMILES string of the molecule is O=C(NCCSCCCO)c1cc(Br)ccc1Br. The maximum absolute atomic E-state index is 11.9. The molecule has 0 bridgehead atoms. The van der Waals surface area contributed by atoms with Gasteiger partial charge in [0, 0.05) is 27.8 Å². The summed E-state index contributed by atoms with van der Waals surface area (Å²) in [7, 11) is 0. The van der Waals surface area contributed by atoms with Gasteiger partial charge in [0.1, 0.15) is 0 Å². The van der Waals surface area contributed by atoms with Crippen LogP contribution in [0.4, 0.5) is 0 Å². The highest BCUT2D eigenvalue weighted by Crippen LogP contribution is 2.21. The summed E-state index contributed by atoms with van der Waals surface area (Å²) < 4.78 is 1.67. The van der Waals surface area contributed by atoms with Crippen molar-refractivity contribution in [1.82, 2.24) is 5.32 Å². The Morgan fingerprint density at radius 2 is 2.11 bits per heavy atom. The Morgan fingerprint density at radius 3 is 2.83 bits per heavy atom. The van der Waals surface area contributed by atoms with Crippen LogP contribution in [0.25, 0.3) is 0 Å². The van der Waals surface area contributed by atoms with Crippen molar-refractivity contribution in [2.45, 2.75) is 6.42 Å². The number of halogens is 2. The zero-order valence-corrected chi connectivity index (χ0v) is 13.8. The van der Waals surface area contributed by atoms with Gasteiger partial charge in [-0.25, -0.2) is 0 Å². The molecule has 0 atom stereocenters. The Balaban J connectivity index is 2.34. The Bertz CT molecular complexity index is 402. The zero-order chi connectivity index (χ0) is 13.4. The number of hydrogen-bond acceptors (Lipinski definition) is 3. The van der Waals surface area contributed by atoms with Gasteiger partial charge in [-0.3, -0.25) is 4.79 Å². The molecule has 0 saturated heterocycles. The van der Waals surface area contributed by atoms with E-state index in [-0.39, 0.29) is 12.5 Å². The molecular formula is C12H15Br2NO2S.